The van der Waals surface area contributed by atoms with Crippen molar-refractivity contribution in [1.29, 1.82) is 0 Å². The highest BCUT2D eigenvalue weighted by atomic mass is 16.3. The molecule has 0 unspecified atom stereocenters. The van der Waals surface area contributed by atoms with Crippen molar-refractivity contribution in [3.05, 3.63) is 35.5 Å². The zero-order valence-electron chi connectivity index (χ0n) is 7.99. The maximum absolute atomic E-state index is 9.18. The monoisotopic (exact) mass is 188 g/mol. The Hall–Kier alpha value is -1.61. The zero-order valence-corrected chi connectivity index (χ0v) is 7.99. The number of aryl methyl sites for hydroxylation is 1. The lowest BCUT2D eigenvalue weighted by molar-refractivity contribution is 0.284. The third kappa shape index (κ3) is 1.32. The van der Waals surface area contributed by atoms with Gasteiger partial charge in [-0.1, -0.05) is 12.1 Å². The van der Waals surface area contributed by atoms with Crippen LogP contribution in [-0.4, -0.2) is 10.1 Å². The molecule has 2 aromatic rings. The average molecular weight is 188 g/mol. The minimum Gasteiger partial charge on any atom is -0.397 e. The quantitative estimate of drug-likeness (QED) is 0.714. The highest BCUT2D eigenvalue weighted by Crippen LogP contribution is 2.22. The first-order chi connectivity index (χ1) is 6.72. The molecule has 3 N–H and O–H groups in total. The molecule has 0 radical (unpaired) electrons. The molecule has 0 aliphatic carbocycles. The number of pyridine rings is 1. The summed E-state index contributed by atoms with van der Waals surface area (Å²) in [7, 11) is 0. The smallest absolute Gasteiger partial charge is 0.0709 e. The van der Waals surface area contributed by atoms with Gasteiger partial charge < -0.3 is 10.8 Å². The SMILES string of the molecule is Cc1ccc2c(CO)c(N)cnc2c1. The van der Waals surface area contributed by atoms with Gasteiger partial charge in [0, 0.05) is 10.9 Å². The molecule has 0 bridgehead atoms. The summed E-state index contributed by atoms with van der Waals surface area (Å²) in [5.74, 6) is 0. The number of rotatable bonds is 1. The fourth-order valence-electron chi connectivity index (χ4n) is 1.55. The van der Waals surface area contributed by atoms with Crippen LogP contribution >= 0.6 is 0 Å². The number of hydrogen-bond acceptors (Lipinski definition) is 3. The van der Waals surface area contributed by atoms with Gasteiger partial charge >= 0.3 is 0 Å². The molecule has 14 heavy (non-hydrogen) atoms. The van der Waals surface area contributed by atoms with Crippen molar-refractivity contribution in [2.24, 2.45) is 0 Å². The van der Waals surface area contributed by atoms with Crippen LogP contribution in [0.25, 0.3) is 10.9 Å². The molecular formula is C11H12N2O. The molecular weight excluding hydrogens is 176 g/mol. The molecule has 0 aliphatic heterocycles. The summed E-state index contributed by atoms with van der Waals surface area (Å²) in [5.41, 5.74) is 9.05. The van der Waals surface area contributed by atoms with Crippen LogP contribution in [0, 0.1) is 6.92 Å². The van der Waals surface area contributed by atoms with E-state index < -0.39 is 0 Å². The number of aliphatic hydroxyl groups excluding tert-OH is 1. The van der Waals surface area contributed by atoms with Crippen molar-refractivity contribution in [1.82, 2.24) is 4.98 Å². The van der Waals surface area contributed by atoms with Crippen LogP contribution in [0.3, 0.4) is 0 Å². The lowest BCUT2D eigenvalue weighted by Crippen LogP contribution is -1.97. The molecule has 1 heterocycles. The van der Waals surface area contributed by atoms with Gasteiger partial charge in [-0.25, -0.2) is 0 Å². The number of nitrogens with zero attached hydrogens (tertiary/aromatic N) is 1. The van der Waals surface area contributed by atoms with Crippen LogP contribution in [0.4, 0.5) is 5.69 Å². The number of nitrogens with two attached hydrogens (primary N) is 1. The van der Waals surface area contributed by atoms with Crippen LogP contribution in [0.2, 0.25) is 0 Å². The topological polar surface area (TPSA) is 59.1 Å². The normalized spacial score (nSPS) is 10.7. The first kappa shape index (κ1) is 8.97. The predicted molar refractivity (Wildman–Crippen MR) is 56.8 cm³/mol. The van der Waals surface area contributed by atoms with E-state index in [1.165, 1.54) is 0 Å². The van der Waals surface area contributed by atoms with Crippen molar-refractivity contribution in [3.8, 4) is 0 Å². The molecule has 0 aliphatic rings. The predicted octanol–water partition coefficient (Wildman–Crippen LogP) is 1.62. The minimum absolute atomic E-state index is 0.0477. The van der Waals surface area contributed by atoms with Gasteiger partial charge in [-0.05, 0) is 18.6 Å². The molecule has 3 heteroatoms. The Kier molecular flexibility index (Phi) is 2.09. The number of anilines is 1. The van der Waals surface area contributed by atoms with Crippen molar-refractivity contribution in [3.63, 3.8) is 0 Å². The van der Waals surface area contributed by atoms with Crippen LogP contribution in [0.1, 0.15) is 11.1 Å². The fourth-order valence-corrected chi connectivity index (χ4v) is 1.55. The molecule has 72 valence electrons. The first-order valence-electron chi connectivity index (χ1n) is 4.47. The number of nitrogen functional groups attached to an aromatic ring is 1. The second kappa shape index (κ2) is 3.27. The summed E-state index contributed by atoms with van der Waals surface area (Å²) in [6, 6.07) is 5.91. The van der Waals surface area contributed by atoms with Crippen LogP contribution in [0.15, 0.2) is 24.4 Å². The van der Waals surface area contributed by atoms with Gasteiger partial charge in [0.15, 0.2) is 0 Å². The molecule has 1 aromatic carbocycles. The summed E-state index contributed by atoms with van der Waals surface area (Å²) in [6.45, 7) is 1.96. The first-order valence-corrected chi connectivity index (χ1v) is 4.47. The Labute approximate surface area is 82.2 Å². The van der Waals surface area contributed by atoms with E-state index in [4.69, 9.17) is 5.73 Å². The summed E-state index contributed by atoms with van der Waals surface area (Å²) < 4.78 is 0. The van der Waals surface area contributed by atoms with Gasteiger partial charge in [0.2, 0.25) is 0 Å². The third-order valence-electron chi connectivity index (χ3n) is 2.33. The molecule has 0 fully saturated rings. The van der Waals surface area contributed by atoms with Crippen molar-refractivity contribution < 1.29 is 5.11 Å². The molecule has 3 nitrogen and oxygen atoms in total. The molecule has 0 amide bonds. The van der Waals surface area contributed by atoms with E-state index in [1.807, 2.05) is 25.1 Å². The van der Waals surface area contributed by atoms with E-state index in [2.05, 4.69) is 4.98 Å². The van der Waals surface area contributed by atoms with Crippen molar-refractivity contribution in [2.75, 3.05) is 5.73 Å². The second-order valence-electron chi connectivity index (χ2n) is 3.37. The zero-order chi connectivity index (χ0) is 10.1. The Morgan fingerprint density at radius 2 is 2.21 bits per heavy atom. The van der Waals surface area contributed by atoms with Crippen molar-refractivity contribution in [2.45, 2.75) is 13.5 Å². The van der Waals surface area contributed by atoms with E-state index in [1.54, 1.807) is 6.20 Å². The van der Waals surface area contributed by atoms with Crippen molar-refractivity contribution >= 4 is 16.6 Å². The maximum atomic E-state index is 9.18. The maximum Gasteiger partial charge on any atom is 0.0709 e. The summed E-state index contributed by atoms with van der Waals surface area (Å²) in [6.07, 6.45) is 1.59. The van der Waals surface area contributed by atoms with Gasteiger partial charge in [-0.3, -0.25) is 4.98 Å². The molecule has 2 rings (SSSR count). The lowest BCUT2D eigenvalue weighted by Gasteiger charge is -2.06. The van der Waals surface area contributed by atoms with E-state index >= 15 is 0 Å². The molecule has 0 spiro atoms. The Balaban J connectivity index is 2.82. The van der Waals surface area contributed by atoms with Gasteiger partial charge in [0.25, 0.3) is 0 Å². The molecule has 1 aromatic heterocycles. The third-order valence-corrected chi connectivity index (χ3v) is 2.33. The van der Waals surface area contributed by atoms with Crippen LogP contribution in [0.5, 0.6) is 0 Å². The second-order valence-corrected chi connectivity index (χ2v) is 3.37. The van der Waals surface area contributed by atoms with E-state index in [0.29, 0.717) is 5.69 Å². The molecule has 0 saturated heterocycles. The molecule has 0 saturated carbocycles. The van der Waals surface area contributed by atoms with Gasteiger partial charge in [-0.2, -0.15) is 0 Å². The van der Waals surface area contributed by atoms with Crippen LogP contribution in [-0.2, 0) is 6.61 Å². The Bertz CT molecular complexity index is 480. The van der Waals surface area contributed by atoms with Gasteiger partial charge in [0.05, 0.1) is 24.0 Å². The van der Waals surface area contributed by atoms with Gasteiger partial charge in [0.1, 0.15) is 0 Å². The number of benzene rings is 1. The summed E-state index contributed by atoms with van der Waals surface area (Å²) in [4.78, 5) is 4.21. The van der Waals surface area contributed by atoms with E-state index in [9.17, 15) is 5.11 Å². The average Bonchev–Trinajstić information content (AvgIpc) is 2.18. The molecule has 0 atom stereocenters. The summed E-state index contributed by atoms with van der Waals surface area (Å²) in [5, 5.41) is 10.1. The largest absolute Gasteiger partial charge is 0.397 e. The highest BCUT2D eigenvalue weighted by molar-refractivity contribution is 5.86. The lowest BCUT2D eigenvalue weighted by atomic mass is 10.1. The van der Waals surface area contributed by atoms with Crippen LogP contribution < -0.4 is 5.73 Å². The summed E-state index contributed by atoms with van der Waals surface area (Å²) >= 11 is 0. The number of aromatic nitrogens is 1. The van der Waals surface area contributed by atoms with E-state index in [-0.39, 0.29) is 6.61 Å². The highest BCUT2D eigenvalue weighted by Gasteiger charge is 2.04. The van der Waals surface area contributed by atoms with E-state index in [0.717, 1.165) is 22.0 Å². The fraction of sp³-hybridized carbons (Fsp3) is 0.182. The Morgan fingerprint density at radius 3 is 2.93 bits per heavy atom. The number of hydrogen-bond donors (Lipinski definition) is 2. The minimum atomic E-state index is -0.0477. The standard InChI is InChI=1S/C11H12N2O/c1-7-2-3-8-9(6-14)10(12)5-13-11(8)4-7/h2-5,14H,6,12H2,1H3. The number of fused-ring (bicyclic) bond motifs is 1. The number of aliphatic hydroxyl groups is 1. The van der Waals surface area contributed by atoms with Gasteiger partial charge in [-0.15, -0.1) is 0 Å². The Morgan fingerprint density at radius 1 is 1.43 bits per heavy atom.